The van der Waals surface area contributed by atoms with Crippen LogP contribution in [-0.4, -0.2) is 38.7 Å². The highest BCUT2D eigenvalue weighted by molar-refractivity contribution is 5.93. The molecule has 5 nitrogen and oxygen atoms in total. The lowest BCUT2D eigenvalue weighted by Crippen LogP contribution is -2.35. The van der Waals surface area contributed by atoms with Gasteiger partial charge in [-0.3, -0.25) is 4.79 Å². The van der Waals surface area contributed by atoms with Crippen LogP contribution in [0.3, 0.4) is 0 Å². The van der Waals surface area contributed by atoms with Gasteiger partial charge in [0.15, 0.2) is 0 Å². The predicted octanol–water partition coefficient (Wildman–Crippen LogP) is 5.98. The summed E-state index contributed by atoms with van der Waals surface area (Å²) in [4.78, 5) is 20.0. The number of nitrogens with zero attached hydrogens (tertiary/aromatic N) is 4. The van der Waals surface area contributed by atoms with Crippen LogP contribution in [0.5, 0.6) is 0 Å². The maximum absolute atomic E-state index is 13.5. The monoisotopic (exact) mass is 502 g/mol. The molecule has 1 amide bonds. The van der Waals surface area contributed by atoms with Crippen LogP contribution in [0.15, 0.2) is 91.1 Å². The molecule has 7 rings (SSSR count). The van der Waals surface area contributed by atoms with E-state index in [-0.39, 0.29) is 17.1 Å². The van der Waals surface area contributed by atoms with Gasteiger partial charge in [-0.05, 0) is 85.0 Å². The van der Waals surface area contributed by atoms with Crippen LogP contribution in [0, 0.1) is 25.6 Å². The number of carbonyl (C=O) groups excluding carboxylic acids is 1. The Morgan fingerprint density at radius 3 is 2.53 bits per heavy atom. The third kappa shape index (κ3) is 3.40. The van der Waals surface area contributed by atoms with Gasteiger partial charge in [0.2, 0.25) is 0 Å². The zero-order chi connectivity index (χ0) is 26.0. The van der Waals surface area contributed by atoms with Gasteiger partial charge in [0, 0.05) is 35.5 Å². The van der Waals surface area contributed by atoms with Crippen molar-refractivity contribution in [1.82, 2.24) is 19.7 Å². The van der Waals surface area contributed by atoms with Crippen LogP contribution < -0.4 is 0 Å². The van der Waals surface area contributed by atoms with E-state index in [1.54, 1.807) is 12.1 Å². The number of benzene rings is 3. The number of halogens is 1. The number of hydrogen-bond donors (Lipinski definition) is 0. The number of fused-ring (bicyclic) bond motifs is 2. The number of rotatable bonds is 4. The Labute approximate surface area is 220 Å². The van der Waals surface area contributed by atoms with E-state index in [2.05, 4.69) is 59.5 Å². The summed E-state index contributed by atoms with van der Waals surface area (Å²) in [5.74, 6) is 0.411. The second-order valence-corrected chi connectivity index (χ2v) is 10.6. The summed E-state index contributed by atoms with van der Waals surface area (Å²) < 4.78 is 15.4. The maximum Gasteiger partial charge on any atom is 0.272 e. The summed E-state index contributed by atoms with van der Waals surface area (Å²) in [7, 11) is 0. The number of carbonyl (C=O) groups is 1. The van der Waals surface area contributed by atoms with Gasteiger partial charge in [-0.25, -0.2) is 14.1 Å². The van der Waals surface area contributed by atoms with Gasteiger partial charge >= 0.3 is 0 Å². The molecule has 2 fully saturated rings. The van der Waals surface area contributed by atoms with Crippen molar-refractivity contribution < 1.29 is 9.18 Å². The molecule has 3 aromatic carbocycles. The quantitative estimate of drug-likeness (QED) is 0.304. The first-order valence-corrected chi connectivity index (χ1v) is 13.0. The van der Waals surface area contributed by atoms with Crippen molar-refractivity contribution in [3.05, 3.63) is 125 Å². The fourth-order valence-corrected chi connectivity index (χ4v) is 6.71. The van der Waals surface area contributed by atoms with E-state index < -0.39 is 0 Å². The van der Waals surface area contributed by atoms with Crippen LogP contribution in [0.25, 0.3) is 16.6 Å². The molecule has 0 N–H and O–H groups in total. The van der Waals surface area contributed by atoms with E-state index in [0.29, 0.717) is 30.6 Å². The minimum atomic E-state index is -0.268. The van der Waals surface area contributed by atoms with Crippen LogP contribution in [0.2, 0.25) is 0 Å². The highest BCUT2D eigenvalue weighted by Crippen LogP contribution is 2.69. The predicted molar refractivity (Wildman–Crippen MR) is 145 cm³/mol. The molecule has 188 valence electrons. The first-order valence-electron chi connectivity index (χ1n) is 13.0. The van der Waals surface area contributed by atoms with E-state index >= 15 is 0 Å². The molecule has 6 heteroatoms. The number of aryl methyl sites for hydroxylation is 2. The van der Waals surface area contributed by atoms with Gasteiger partial charge in [-0.2, -0.15) is 5.10 Å². The fraction of sp³-hybridized carbons (Fsp3) is 0.219. The van der Waals surface area contributed by atoms with Crippen LogP contribution in [0.1, 0.15) is 38.8 Å². The first-order chi connectivity index (χ1) is 18.5. The molecule has 0 unspecified atom stereocenters. The SMILES string of the molecule is Cc1cccc(C(=O)N2C[C@H]3[C@H](c4ccccc4)[C@@]3(c3cc4cnn(-c5ccc(F)cc5)c4cc3C)C2)n1. The van der Waals surface area contributed by atoms with E-state index in [1.165, 1.54) is 28.8 Å². The topological polar surface area (TPSA) is 51.0 Å². The molecule has 5 aromatic rings. The van der Waals surface area contributed by atoms with E-state index in [0.717, 1.165) is 22.3 Å². The lowest BCUT2D eigenvalue weighted by atomic mass is 9.86. The molecule has 0 bridgehead atoms. The Morgan fingerprint density at radius 2 is 1.76 bits per heavy atom. The standard InChI is InChI=1S/C32H27FN4O/c1-20-15-29-23(17-34-37(29)25-13-11-24(33)12-14-25)16-26(20)32-19-36(31(38)28-10-6-7-21(2)35-28)18-27(32)30(32)22-8-4-3-5-9-22/h3-17,27,30H,18-19H2,1-2H3/t27-,30-,32+/m0/s1. The highest BCUT2D eigenvalue weighted by Gasteiger charge is 2.71. The van der Waals surface area contributed by atoms with Crippen molar-refractivity contribution in [3.63, 3.8) is 0 Å². The lowest BCUT2D eigenvalue weighted by Gasteiger charge is -2.25. The number of amides is 1. The number of piperidine rings is 1. The molecule has 3 atom stereocenters. The lowest BCUT2D eigenvalue weighted by molar-refractivity contribution is 0.0763. The second kappa shape index (κ2) is 8.35. The third-order valence-electron chi connectivity index (χ3n) is 8.42. The summed E-state index contributed by atoms with van der Waals surface area (Å²) in [6.45, 7) is 5.43. The summed E-state index contributed by atoms with van der Waals surface area (Å²) in [5, 5.41) is 5.66. The normalized spacial score (nSPS) is 22.0. The molecule has 1 saturated heterocycles. The molecule has 1 aliphatic carbocycles. The number of likely N-dealkylation sites (tertiary alicyclic amines) is 1. The molecule has 3 heterocycles. The average molecular weight is 503 g/mol. The number of pyridine rings is 1. The molecule has 1 saturated carbocycles. The van der Waals surface area contributed by atoms with Crippen LogP contribution in [0.4, 0.5) is 4.39 Å². The average Bonchev–Trinajstić information content (AvgIpc) is 3.19. The molecule has 2 aromatic heterocycles. The maximum atomic E-state index is 13.5. The van der Waals surface area contributed by atoms with Crippen molar-refractivity contribution in [1.29, 1.82) is 0 Å². The molecule has 0 radical (unpaired) electrons. The second-order valence-electron chi connectivity index (χ2n) is 10.6. The van der Waals surface area contributed by atoms with Crippen molar-refractivity contribution in [3.8, 4) is 5.69 Å². The van der Waals surface area contributed by atoms with Gasteiger partial charge in [-0.15, -0.1) is 0 Å². The Bertz CT molecular complexity index is 1690. The Hall–Kier alpha value is -4.32. The van der Waals surface area contributed by atoms with Gasteiger partial charge in [0.1, 0.15) is 11.5 Å². The largest absolute Gasteiger partial charge is 0.336 e. The molecule has 1 aliphatic heterocycles. The van der Waals surface area contributed by atoms with Gasteiger partial charge in [-0.1, -0.05) is 36.4 Å². The highest BCUT2D eigenvalue weighted by atomic mass is 19.1. The molecule has 38 heavy (non-hydrogen) atoms. The molecule has 0 spiro atoms. The summed E-state index contributed by atoms with van der Waals surface area (Å²) in [5.41, 5.74) is 6.76. The smallest absolute Gasteiger partial charge is 0.272 e. The summed E-state index contributed by atoms with van der Waals surface area (Å²) in [6, 6.07) is 27.1. The number of hydrogen-bond acceptors (Lipinski definition) is 3. The van der Waals surface area contributed by atoms with Crippen molar-refractivity contribution in [2.75, 3.05) is 13.1 Å². The fourth-order valence-electron chi connectivity index (χ4n) is 6.71. The van der Waals surface area contributed by atoms with E-state index in [1.807, 2.05) is 40.9 Å². The van der Waals surface area contributed by atoms with Crippen LogP contribution >= 0.6 is 0 Å². The van der Waals surface area contributed by atoms with Gasteiger partial charge in [0.05, 0.1) is 17.4 Å². The third-order valence-corrected chi connectivity index (χ3v) is 8.42. The Kier molecular flexibility index (Phi) is 5.02. The van der Waals surface area contributed by atoms with E-state index in [9.17, 15) is 9.18 Å². The number of aromatic nitrogens is 3. The molecular formula is C32H27FN4O. The van der Waals surface area contributed by atoms with Crippen LogP contribution in [-0.2, 0) is 5.41 Å². The van der Waals surface area contributed by atoms with Gasteiger partial charge < -0.3 is 4.90 Å². The Balaban J connectivity index is 1.30. The first kappa shape index (κ1) is 22.8. The zero-order valence-corrected chi connectivity index (χ0v) is 21.3. The molecular weight excluding hydrogens is 475 g/mol. The van der Waals surface area contributed by atoms with Crippen molar-refractivity contribution in [2.24, 2.45) is 5.92 Å². The minimum absolute atomic E-state index is 0.00468. The Morgan fingerprint density at radius 1 is 0.974 bits per heavy atom. The molecule has 2 aliphatic rings. The zero-order valence-electron chi connectivity index (χ0n) is 21.3. The summed E-state index contributed by atoms with van der Waals surface area (Å²) in [6.07, 6.45) is 1.88. The van der Waals surface area contributed by atoms with E-state index in [4.69, 9.17) is 0 Å². The van der Waals surface area contributed by atoms with Gasteiger partial charge in [0.25, 0.3) is 5.91 Å². The van der Waals surface area contributed by atoms with Crippen molar-refractivity contribution in [2.45, 2.75) is 25.2 Å². The minimum Gasteiger partial charge on any atom is -0.336 e. The summed E-state index contributed by atoms with van der Waals surface area (Å²) >= 11 is 0. The van der Waals surface area contributed by atoms with Crippen molar-refractivity contribution >= 4 is 16.8 Å².